The van der Waals surface area contributed by atoms with Crippen LogP contribution in [0.4, 0.5) is 5.69 Å². The first-order chi connectivity index (χ1) is 12.4. The van der Waals surface area contributed by atoms with Crippen molar-refractivity contribution >= 4 is 28.3 Å². The van der Waals surface area contributed by atoms with E-state index in [-0.39, 0.29) is 16.9 Å². The van der Waals surface area contributed by atoms with Crippen molar-refractivity contribution in [1.82, 2.24) is 0 Å². The molecule has 0 bridgehead atoms. The summed E-state index contributed by atoms with van der Waals surface area (Å²) >= 11 is 0. The van der Waals surface area contributed by atoms with Crippen molar-refractivity contribution in [3.05, 3.63) is 60.2 Å². The molecule has 2 aromatic carbocycles. The highest BCUT2D eigenvalue weighted by atomic mass is 32.2. The number of para-hydroxylation sites is 1. The fourth-order valence-electron chi connectivity index (χ4n) is 2.29. The highest BCUT2D eigenvalue weighted by Gasteiger charge is 2.40. The fourth-order valence-corrected chi connectivity index (χ4v) is 3.51. The average molecular weight is 391 g/mol. The Morgan fingerprint density at radius 3 is 2.15 bits per heavy atom. The first kappa shape index (κ1) is 21.4. The topological polar surface area (TPSA) is 95.9 Å². The second kappa shape index (κ2) is 8.02. The number of benzene rings is 2. The monoisotopic (exact) mass is 391 g/mol. The minimum Gasteiger partial charge on any atom is -0.423 e. The molecule has 0 fully saturated rings. The minimum atomic E-state index is -3.68. The number of rotatable bonds is 8. The Morgan fingerprint density at radius 2 is 1.56 bits per heavy atom. The predicted octanol–water partition coefficient (Wildman–Crippen LogP) is 1.88. The number of nitrogens with one attached hydrogen (secondary N) is 1. The van der Waals surface area contributed by atoms with E-state index in [9.17, 15) is 18.5 Å². The van der Waals surface area contributed by atoms with Gasteiger partial charge in [-0.05, 0) is 39.3 Å². The average Bonchev–Trinajstić information content (AvgIpc) is 2.53. The van der Waals surface area contributed by atoms with Gasteiger partial charge in [-0.1, -0.05) is 48.5 Å². The second-order valence-electron chi connectivity index (χ2n) is 7.47. The smallest absolute Gasteiger partial charge is 0.423 e. The molecule has 0 saturated heterocycles. The summed E-state index contributed by atoms with van der Waals surface area (Å²) in [6, 6.07) is 15.3. The van der Waals surface area contributed by atoms with Crippen molar-refractivity contribution < 1.29 is 23.2 Å². The molecule has 0 unspecified atom stereocenters. The van der Waals surface area contributed by atoms with Gasteiger partial charge in [-0.2, -0.15) is 0 Å². The molecule has 0 saturated carbocycles. The van der Waals surface area contributed by atoms with E-state index in [2.05, 4.69) is 4.72 Å². The molecule has 6 nitrogen and oxygen atoms in total. The molecule has 0 amide bonds. The Hall–Kier alpha value is -1.87. The molecule has 27 heavy (non-hydrogen) atoms. The maximum Gasteiger partial charge on any atom is 0.493 e. The lowest BCUT2D eigenvalue weighted by molar-refractivity contribution is -0.0982. The summed E-state index contributed by atoms with van der Waals surface area (Å²) in [4.78, 5) is 0. The molecule has 0 aliphatic carbocycles. The van der Waals surface area contributed by atoms with Crippen LogP contribution in [0, 0.1) is 0 Å². The molecule has 0 aliphatic rings. The van der Waals surface area contributed by atoms with Gasteiger partial charge in [0.25, 0.3) is 0 Å². The summed E-state index contributed by atoms with van der Waals surface area (Å²) in [7, 11) is -5.10. The summed E-state index contributed by atoms with van der Waals surface area (Å²) in [6.07, 6.45) is 0. The van der Waals surface area contributed by atoms with Crippen LogP contribution in [-0.2, 0) is 20.4 Å². The SMILES string of the molecule is CC(C)(O)C(C)(C)OB(O)c1ccccc1NS(=O)(=O)Cc1ccccc1. The molecule has 0 atom stereocenters. The molecule has 0 aromatic heterocycles. The molecule has 2 rings (SSSR count). The van der Waals surface area contributed by atoms with Gasteiger partial charge >= 0.3 is 7.12 Å². The van der Waals surface area contributed by atoms with Crippen LogP contribution in [0.3, 0.4) is 0 Å². The van der Waals surface area contributed by atoms with Crippen LogP contribution >= 0.6 is 0 Å². The largest absolute Gasteiger partial charge is 0.493 e. The Bertz CT molecular complexity index is 863. The van der Waals surface area contributed by atoms with Crippen molar-refractivity contribution in [1.29, 1.82) is 0 Å². The van der Waals surface area contributed by atoms with Gasteiger partial charge in [-0.15, -0.1) is 0 Å². The van der Waals surface area contributed by atoms with Gasteiger partial charge < -0.3 is 14.8 Å². The van der Waals surface area contributed by atoms with E-state index < -0.39 is 28.3 Å². The van der Waals surface area contributed by atoms with E-state index in [1.807, 2.05) is 6.07 Å². The maximum absolute atomic E-state index is 12.5. The number of aliphatic hydroxyl groups is 1. The van der Waals surface area contributed by atoms with Gasteiger partial charge in [0.2, 0.25) is 10.0 Å². The number of anilines is 1. The van der Waals surface area contributed by atoms with E-state index in [1.54, 1.807) is 76.2 Å². The highest BCUT2D eigenvalue weighted by Crippen LogP contribution is 2.26. The van der Waals surface area contributed by atoms with E-state index >= 15 is 0 Å². The van der Waals surface area contributed by atoms with Crippen LogP contribution in [0.5, 0.6) is 0 Å². The van der Waals surface area contributed by atoms with Crippen LogP contribution in [0.1, 0.15) is 33.3 Å². The molecule has 0 radical (unpaired) electrons. The van der Waals surface area contributed by atoms with Gasteiger partial charge in [-0.25, -0.2) is 8.42 Å². The molecular formula is C19H26BNO5S. The van der Waals surface area contributed by atoms with Gasteiger partial charge in [0.15, 0.2) is 0 Å². The van der Waals surface area contributed by atoms with E-state index in [4.69, 9.17) is 4.65 Å². The molecular weight excluding hydrogens is 365 g/mol. The summed E-state index contributed by atoms with van der Waals surface area (Å²) in [5.74, 6) is -0.186. The second-order valence-corrected chi connectivity index (χ2v) is 9.20. The van der Waals surface area contributed by atoms with Crippen LogP contribution in [-0.4, -0.2) is 36.9 Å². The van der Waals surface area contributed by atoms with Crippen molar-refractivity contribution in [2.24, 2.45) is 0 Å². The maximum atomic E-state index is 12.5. The van der Waals surface area contributed by atoms with Gasteiger partial charge in [0.1, 0.15) is 0 Å². The highest BCUT2D eigenvalue weighted by molar-refractivity contribution is 7.91. The van der Waals surface area contributed by atoms with Crippen LogP contribution in [0.2, 0.25) is 0 Å². The summed E-state index contributed by atoms with van der Waals surface area (Å²) in [6.45, 7) is 6.46. The van der Waals surface area contributed by atoms with E-state index in [1.165, 1.54) is 0 Å². The zero-order valence-corrected chi connectivity index (χ0v) is 16.8. The zero-order chi connectivity index (χ0) is 20.3. The van der Waals surface area contributed by atoms with Gasteiger partial charge in [0, 0.05) is 11.2 Å². The minimum absolute atomic E-state index is 0.186. The Kier molecular flexibility index (Phi) is 6.37. The predicted molar refractivity (Wildman–Crippen MR) is 108 cm³/mol. The first-order valence-electron chi connectivity index (χ1n) is 8.63. The lowest BCUT2D eigenvalue weighted by Crippen LogP contribution is -2.53. The van der Waals surface area contributed by atoms with Crippen molar-refractivity contribution in [3.63, 3.8) is 0 Å². The molecule has 8 heteroatoms. The van der Waals surface area contributed by atoms with Gasteiger partial charge in [0.05, 0.1) is 17.0 Å². The van der Waals surface area contributed by atoms with Gasteiger partial charge in [-0.3, -0.25) is 4.72 Å². The lowest BCUT2D eigenvalue weighted by atomic mass is 9.75. The summed E-state index contributed by atoms with van der Waals surface area (Å²) in [5.41, 5.74) is -1.13. The van der Waals surface area contributed by atoms with Crippen molar-refractivity contribution in [3.8, 4) is 0 Å². The molecule has 3 N–H and O–H groups in total. The van der Waals surface area contributed by atoms with Crippen LogP contribution in [0.15, 0.2) is 54.6 Å². The standard InChI is InChI=1S/C19H26BNO5S/c1-18(2,22)19(3,4)26-20(23)16-12-8-9-13-17(16)21-27(24,25)14-15-10-6-5-7-11-15/h5-13,21-23H,14H2,1-4H3. The lowest BCUT2D eigenvalue weighted by Gasteiger charge is -2.38. The molecule has 146 valence electrons. The molecule has 0 aliphatic heterocycles. The zero-order valence-electron chi connectivity index (χ0n) is 16.0. The third kappa shape index (κ3) is 5.80. The third-order valence-electron chi connectivity index (χ3n) is 4.57. The van der Waals surface area contributed by atoms with E-state index in [0.29, 0.717) is 5.56 Å². The van der Waals surface area contributed by atoms with Crippen LogP contribution < -0.4 is 10.2 Å². The quantitative estimate of drug-likeness (QED) is 0.598. The number of sulfonamides is 1. The Balaban J connectivity index is 2.22. The van der Waals surface area contributed by atoms with Crippen molar-refractivity contribution in [2.75, 3.05) is 4.72 Å². The normalized spacial score (nSPS) is 12.7. The summed E-state index contributed by atoms with van der Waals surface area (Å²) < 4.78 is 33.2. The van der Waals surface area contributed by atoms with Crippen molar-refractivity contribution in [2.45, 2.75) is 44.6 Å². The molecule has 0 heterocycles. The fraction of sp³-hybridized carbons (Fsp3) is 0.368. The van der Waals surface area contributed by atoms with Crippen LogP contribution in [0.25, 0.3) is 0 Å². The first-order valence-corrected chi connectivity index (χ1v) is 10.3. The van der Waals surface area contributed by atoms with E-state index in [0.717, 1.165) is 0 Å². The molecule has 2 aromatic rings. The Labute approximate surface area is 161 Å². The third-order valence-corrected chi connectivity index (χ3v) is 5.82. The number of hydrogen-bond acceptors (Lipinski definition) is 5. The summed E-state index contributed by atoms with van der Waals surface area (Å²) in [5, 5.41) is 20.7. The molecule has 0 spiro atoms. The number of hydrogen-bond donors (Lipinski definition) is 3. The Morgan fingerprint density at radius 1 is 1.00 bits per heavy atom.